The molecule has 2 amide bonds. The fourth-order valence-electron chi connectivity index (χ4n) is 1.30. The van der Waals surface area contributed by atoms with Crippen molar-refractivity contribution >= 4 is 6.03 Å². The van der Waals surface area contributed by atoms with Crippen LogP contribution in [0.1, 0.15) is 11.1 Å². The number of aliphatic hydroxyl groups is 1. The summed E-state index contributed by atoms with van der Waals surface area (Å²) >= 11 is 0. The molecule has 7 heteroatoms. The van der Waals surface area contributed by atoms with Gasteiger partial charge in [0.05, 0.1) is 6.61 Å². The van der Waals surface area contributed by atoms with E-state index in [1.807, 2.05) is 0 Å². The van der Waals surface area contributed by atoms with Crippen molar-refractivity contribution in [3.8, 4) is 0 Å². The second kappa shape index (κ2) is 6.25. The van der Waals surface area contributed by atoms with Gasteiger partial charge in [0.2, 0.25) is 0 Å². The Morgan fingerprint density at radius 1 is 1.17 bits per heavy atom. The van der Waals surface area contributed by atoms with E-state index in [1.165, 1.54) is 0 Å². The van der Waals surface area contributed by atoms with E-state index in [0.717, 1.165) is 0 Å². The normalized spacial score (nSPS) is 11.1. The van der Waals surface area contributed by atoms with Gasteiger partial charge in [0.25, 0.3) is 0 Å². The number of halogens is 3. The van der Waals surface area contributed by atoms with Crippen molar-refractivity contribution in [3.05, 3.63) is 35.4 Å². The van der Waals surface area contributed by atoms with Crippen LogP contribution in [0.25, 0.3) is 0 Å². The summed E-state index contributed by atoms with van der Waals surface area (Å²) in [5.74, 6) is 0. The van der Waals surface area contributed by atoms with Crippen LogP contribution >= 0.6 is 0 Å². The van der Waals surface area contributed by atoms with Gasteiger partial charge in [-0.1, -0.05) is 24.3 Å². The molecule has 0 saturated carbocycles. The minimum atomic E-state index is -4.43. The molecule has 4 nitrogen and oxygen atoms in total. The summed E-state index contributed by atoms with van der Waals surface area (Å²) in [5, 5.41) is 13.0. The number of nitrogens with one attached hydrogen (secondary N) is 2. The van der Waals surface area contributed by atoms with Crippen molar-refractivity contribution in [2.45, 2.75) is 19.3 Å². The molecule has 1 aromatic rings. The average molecular weight is 262 g/mol. The Labute approximate surface area is 102 Å². The molecule has 0 atom stereocenters. The van der Waals surface area contributed by atoms with E-state index in [2.05, 4.69) is 5.32 Å². The van der Waals surface area contributed by atoms with Crippen LogP contribution in [0, 0.1) is 0 Å². The summed E-state index contributed by atoms with van der Waals surface area (Å²) in [7, 11) is 0. The van der Waals surface area contributed by atoms with Gasteiger partial charge >= 0.3 is 12.2 Å². The molecule has 0 heterocycles. The van der Waals surface area contributed by atoms with E-state index >= 15 is 0 Å². The lowest BCUT2D eigenvalue weighted by Gasteiger charge is -2.11. The molecule has 0 aliphatic carbocycles. The van der Waals surface area contributed by atoms with Gasteiger partial charge in [-0.2, -0.15) is 13.2 Å². The zero-order chi connectivity index (χ0) is 13.6. The predicted octanol–water partition coefficient (Wildman–Crippen LogP) is 1.54. The Balaban J connectivity index is 2.43. The number of urea groups is 1. The number of aliphatic hydroxyl groups excluding tert-OH is 1. The molecule has 0 spiro atoms. The number of carbonyl (C=O) groups is 1. The highest BCUT2D eigenvalue weighted by atomic mass is 19.4. The monoisotopic (exact) mass is 262 g/mol. The van der Waals surface area contributed by atoms with Crippen LogP contribution in [-0.4, -0.2) is 23.9 Å². The van der Waals surface area contributed by atoms with Gasteiger partial charge in [0.15, 0.2) is 0 Å². The van der Waals surface area contributed by atoms with Crippen molar-refractivity contribution in [2.24, 2.45) is 0 Å². The summed E-state index contributed by atoms with van der Waals surface area (Å²) in [6, 6.07) is 5.88. The molecule has 0 aromatic heterocycles. The second-order valence-corrected chi connectivity index (χ2v) is 3.58. The van der Waals surface area contributed by atoms with E-state index < -0.39 is 18.8 Å². The number of alkyl halides is 3. The molecule has 0 unspecified atom stereocenters. The molecule has 0 saturated heterocycles. The lowest BCUT2D eigenvalue weighted by atomic mass is 10.1. The Morgan fingerprint density at radius 3 is 2.33 bits per heavy atom. The molecule has 3 N–H and O–H groups in total. The van der Waals surface area contributed by atoms with Crippen molar-refractivity contribution in [1.82, 2.24) is 10.6 Å². The zero-order valence-electron chi connectivity index (χ0n) is 9.42. The molecule has 0 aliphatic rings. The molecule has 100 valence electrons. The van der Waals surface area contributed by atoms with Gasteiger partial charge in [0.1, 0.15) is 6.54 Å². The molecule has 0 bridgehead atoms. The minimum Gasteiger partial charge on any atom is -0.392 e. The maximum Gasteiger partial charge on any atom is 0.405 e. The van der Waals surface area contributed by atoms with Crippen LogP contribution < -0.4 is 10.6 Å². The first-order valence-corrected chi connectivity index (χ1v) is 5.18. The SMILES string of the molecule is O=C(NCc1ccccc1CO)NCC(F)(F)F. The predicted molar refractivity (Wildman–Crippen MR) is 58.7 cm³/mol. The maximum atomic E-state index is 11.8. The molecule has 1 aromatic carbocycles. The van der Waals surface area contributed by atoms with Crippen LogP contribution in [0.3, 0.4) is 0 Å². The summed E-state index contributed by atoms with van der Waals surface area (Å²) in [4.78, 5) is 11.1. The third-order valence-corrected chi connectivity index (χ3v) is 2.18. The van der Waals surface area contributed by atoms with Crippen molar-refractivity contribution in [3.63, 3.8) is 0 Å². The zero-order valence-corrected chi connectivity index (χ0v) is 9.42. The van der Waals surface area contributed by atoms with Crippen molar-refractivity contribution in [1.29, 1.82) is 0 Å². The Bertz CT molecular complexity index is 408. The number of amides is 2. The molecule has 0 radical (unpaired) electrons. The average Bonchev–Trinajstić information content (AvgIpc) is 2.33. The molecule has 1 rings (SSSR count). The van der Waals surface area contributed by atoms with Gasteiger partial charge in [-0.05, 0) is 11.1 Å². The van der Waals surface area contributed by atoms with E-state index in [-0.39, 0.29) is 13.2 Å². The summed E-state index contributed by atoms with van der Waals surface area (Å²) in [6.07, 6.45) is -4.43. The fourth-order valence-corrected chi connectivity index (χ4v) is 1.30. The van der Waals surface area contributed by atoms with E-state index in [0.29, 0.717) is 11.1 Å². The molecular formula is C11H13F3N2O2. The fraction of sp³-hybridized carbons (Fsp3) is 0.364. The highest BCUT2D eigenvalue weighted by Crippen LogP contribution is 2.12. The minimum absolute atomic E-state index is 0.0560. The third kappa shape index (κ3) is 5.05. The largest absolute Gasteiger partial charge is 0.405 e. The van der Waals surface area contributed by atoms with Gasteiger partial charge in [-0.3, -0.25) is 0 Å². The molecule has 18 heavy (non-hydrogen) atoms. The Morgan fingerprint density at radius 2 is 1.78 bits per heavy atom. The number of rotatable bonds is 4. The smallest absolute Gasteiger partial charge is 0.392 e. The third-order valence-electron chi connectivity index (χ3n) is 2.18. The molecule has 0 aliphatic heterocycles. The van der Waals surface area contributed by atoms with Crippen molar-refractivity contribution < 1.29 is 23.1 Å². The summed E-state index contributed by atoms with van der Waals surface area (Å²) < 4.78 is 35.5. The van der Waals surface area contributed by atoms with Crippen LogP contribution in [0.5, 0.6) is 0 Å². The van der Waals surface area contributed by atoms with Crippen molar-refractivity contribution in [2.75, 3.05) is 6.54 Å². The Hall–Kier alpha value is -1.76. The van der Waals surface area contributed by atoms with Gasteiger partial charge in [0, 0.05) is 6.54 Å². The first-order chi connectivity index (χ1) is 8.42. The van der Waals surface area contributed by atoms with Crippen LogP contribution in [0.2, 0.25) is 0 Å². The second-order valence-electron chi connectivity index (χ2n) is 3.58. The lowest BCUT2D eigenvalue weighted by molar-refractivity contribution is -0.122. The first-order valence-electron chi connectivity index (χ1n) is 5.18. The number of hydrogen-bond donors (Lipinski definition) is 3. The summed E-state index contributed by atoms with van der Waals surface area (Å²) in [6.45, 7) is -1.51. The van der Waals surface area contributed by atoms with Crippen LogP contribution in [-0.2, 0) is 13.2 Å². The standard InChI is InChI=1S/C11H13F3N2O2/c12-11(13,14)7-16-10(18)15-5-8-3-1-2-4-9(8)6-17/h1-4,17H,5-7H2,(H2,15,16,18). The van der Waals surface area contributed by atoms with E-state index in [4.69, 9.17) is 5.11 Å². The summed E-state index contributed by atoms with van der Waals surface area (Å²) in [5.41, 5.74) is 1.27. The number of carbonyl (C=O) groups excluding carboxylic acids is 1. The lowest BCUT2D eigenvalue weighted by Crippen LogP contribution is -2.40. The molecular weight excluding hydrogens is 249 g/mol. The quantitative estimate of drug-likeness (QED) is 0.770. The number of hydrogen-bond acceptors (Lipinski definition) is 2. The highest BCUT2D eigenvalue weighted by Gasteiger charge is 2.27. The van der Waals surface area contributed by atoms with Gasteiger partial charge in [-0.15, -0.1) is 0 Å². The highest BCUT2D eigenvalue weighted by molar-refractivity contribution is 5.73. The Kier molecular flexibility index (Phi) is 4.96. The van der Waals surface area contributed by atoms with Gasteiger partial charge < -0.3 is 15.7 Å². The number of benzene rings is 1. The topological polar surface area (TPSA) is 61.4 Å². The van der Waals surface area contributed by atoms with Crippen LogP contribution in [0.4, 0.5) is 18.0 Å². The molecule has 0 fully saturated rings. The van der Waals surface area contributed by atoms with Crippen LogP contribution in [0.15, 0.2) is 24.3 Å². The van der Waals surface area contributed by atoms with Gasteiger partial charge in [-0.25, -0.2) is 4.79 Å². The first kappa shape index (κ1) is 14.3. The van der Waals surface area contributed by atoms with E-state index in [9.17, 15) is 18.0 Å². The van der Waals surface area contributed by atoms with E-state index in [1.54, 1.807) is 29.6 Å². The maximum absolute atomic E-state index is 11.8.